The van der Waals surface area contributed by atoms with Gasteiger partial charge in [0.1, 0.15) is 5.82 Å². The number of benzene rings is 2. The van der Waals surface area contributed by atoms with Crippen LogP contribution in [-0.2, 0) is 29.7 Å². The van der Waals surface area contributed by atoms with Gasteiger partial charge < -0.3 is 0 Å². The van der Waals surface area contributed by atoms with Gasteiger partial charge in [-0.3, -0.25) is 9.40 Å². The first-order chi connectivity index (χ1) is 16.6. The highest BCUT2D eigenvalue weighted by molar-refractivity contribution is 7.92. The maximum Gasteiger partial charge on any atom is 0.416 e. The molecule has 2 heterocycles. The smallest absolute Gasteiger partial charge is 0.268 e. The lowest BCUT2D eigenvalue weighted by molar-refractivity contribution is -0.137. The normalized spacial score (nSPS) is 15.7. The molecule has 1 aliphatic carbocycles. The van der Waals surface area contributed by atoms with Crippen LogP contribution in [0.2, 0.25) is 0 Å². The van der Waals surface area contributed by atoms with Gasteiger partial charge in [0.15, 0.2) is 0 Å². The quantitative estimate of drug-likeness (QED) is 0.401. The van der Waals surface area contributed by atoms with Gasteiger partial charge in [-0.05, 0) is 72.0 Å². The molecule has 180 valence electrons. The van der Waals surface area contributed by atoms with Crippen LogP contribution < -0.4 is 4.72 Å². The fourth-order valence-electron chi connectivity index (χ4n) is 4.60. The van der Waals surface area contributed by atoms with E-state index in [1.54, 1.807) is 54.3 Å². The van der Waals surface area contributed by atoms with Gasteiger partial charge in [0, 0.05) is 30.9 Å². The minimum absolute atomic E-state index is 0.113. The Bertz CT molecular complexity index is 1500. The van der Waals surface area contributed by atoms with Crippen molar-refractivity contribution in [2.24, 2.45) is 7.05 Å². The van der Waals surface area contributed by atoms with Crippen LogP contribution in [0.3, 0.4) is 0 Å². The second-order valence-corrected chi connectivity index (χ2v) is 10.1. The van der Waals surface area contributed by atoms with E-state index in [9.17, 15) is 21.6 Å². The summed E-state index contributed by atoms with van der Waals surface area (Å²) in [6.07, 6.45) is -0.159. The average molecular weight is 499 g/mol. The van der Waals surface area contributed by atoms with Crippen molar-refractivity contribution in [3.63, 3.8) is 0 Å². The van der Waals surface area contributed by atoms with E-state index in [-0.39, 0.29) is 16.6 Å². The summed E-state index contributed by atoms with van der Waals surface area (Å²) in [6.45, 7) is 0. The van der Waals surface area contributed by atoms with Crippen LogP contribution in [0.25, 0.3) is 11.3 Å². The molecule has 1 atom stereocenters. The molecule has 35 heavy (non-hydrogen) atoms. The maximum absolute atomic E-state index is 13.5. The number of hydrogen-bond acceptors (Lipinski definition) is 4. The van der Waals surface area contributed by atoms with Crippen LogP contribution in [0.5, 0.6) is 0 Å². The summed E-state index contributed by atoms with van der Waals surface area (Å²) in [7, 11) is -2.15. The van der Waals surface area contributed by atoms with Crippen molar-refractivity contribution >= 4 is 15.8 Å². The number of aryl methyl sites for hydroxylation is 2. The van der Waals surface area contributed by atoms with Gasteiger partial charge in [0.2, 0.25) is 0 Å². The summed E-state index contributed by atoms with van der Waals surface area (Å²) < 4.78 is 70.2. The molecular formula is C25H21F3N4O2S. The molecule has 0 radical (unpaired) electrons. The van der Waals surface area contributed by atoms with Crippen molar-refractivity contribution in [3.05, 3.63) is 95.3 Å². The predicted molar refractivity (Wildman–Crippen MR) is 125 cm³/mol. The van der Waals surface area contributed by atoms with Crippen molar-refractivity contribution in [2.75, 3.05) is 4.72 Å². The predicted octanol–water partition coefficient (Wildman–Crippen LogP) is 5.38. The first-order valence-electron chi connectivity index (χ1n) is 10.9. The standard InChI is InChI=1S/C25H21F3N4O2S/c1-32-23(11-13-30-32)22-15-17(25(26,27)28)6-9-21(22)20-8-5-16-14-18(7-10-19(16)20)35(33,34)31-24-4-2-3-12-29-24/h2-4,6-7,9-15,20H,5,8H2,1H3,(H,29,31). The minimum Gasteiger partial charge on any atom is -0.268 e. The van der Waals surface area contributed by atoms with Gasteiger partial charge in [-0.2, -0.15) is 18.3 Å². The van der Waals surface area contributed by atoms with E-state index in [4.69, 9.17) is 0 Å². The zero-order valence-electron chi connectivity index (χ0n) is 18.6. The number of anilines is 1. The summed E-state index contributed by atoms with van der Waals surface area (Å²) in [5.41, 5.74) is 2.84. The molecule has 0 bridgehead atoms. The third-order valence-corrected chi connectivity index (χ3v) is 7.61. The lowest BCUT2D eigenvalue weighted by atomic mass is 9.87. The number of fused-ring (bicyclic) bond motifs is 1. The van der Waals surface area contributed by atoms with Gasteiger partial charge in [-0.25, -0.2) is 13.4 Å². The lowest BCUT2D eigenvalue weighted by Crippen LogP contribution is -2.14. The van der Waals surface area contributed by atoms with Crippen LogP contribution >= 0.6 is 0 Å². The Labute approximate surface area is 200 Å². The topological polar surface area (TPSA) is 76.9 Å². The number of aromatic nitrogens is 3. The van der Waals surface area contributed by atoms with Gasteiger partial charge in [-0.1, -0.05) is 18.2 Å². The lowest BCUT2D eigenvalue weighted by Gasteiger charge is -2.19. The number of halogens is 3. The minimum atomic E-state index is -4.47. The van der Waals surface area contributed by atoms with Crippen LogP contribution in [0, 0.1) is 0 Å². The fourth-order valence-corrected chi connectivity index (χ4v) is 5.66. The number of sulfonamides is 1. The molecule has 5 rings (SSSR count). The van der Waals surface area contributed by atoms with Crippen LogP contribution in [-0.4, -0.2) is 23.2 Å². The summed E-state index contributed by atoms with van der Waals surface area (Å²) in [5.74, 6) is 0.0501. The maximum atomic E-state index is 13.5. The Kier molecular flexibility index (Phi) is 5.63. The number of alkyl halides is 3. The molecule has 1 unspecified atom stereocenters. The van der Waals surface area contributed by atoms with Gasteiger partial charge >= 0.3 is 6.18 Å². The highest BCUT2D eigenvalue weighted by atomic mass is 32.2. The summed E-state index contributed by atoms with van der Waals surface area (Å²) >= 11 is 0. The van der Waals surface area contributed by atoms with Crippen molar-refractivity contribution in [3.8, 4) is 11.3 Å². The van der Waals surface area contributed by atoms with Crippen LogP contribution in [0.1, 0.15) is 34.6 Å². The van der Waals surface area contributed by atoms with E-state index in [1.807, 2.05) is 0 Å². The molecule has 6 nitrogen and oxygen atoms in total. The second-order valence-electron chi connectivity index (χ2n) is 8.41. The Morgan fingerprint density at radius 1 is 1.00 bits per heavy atom. The van der Waals surface area contributed by atoms with E-state index in [1.165, 1.54) is 24.4 Å². The van der Waals surface area contributed by atoms with Crippen molar-refractivity contribution in [1.82, 2.24) is 14.8 Å². The molecular weight excluding hydrogens is 477 g/mol. The van der Waals surface area contributed by atoms with E-state index in [0.29, 0.717) is 24.1 Å². The first kappa shape index (κ1) is 23.1. The number of pyridine rings is 1. The first-order valence-corrected chi connectivity index (χ1v) is 12.4. The van der Waals surface area contributed by atoms with Gasteiger partial charge in [-0.15, -0.1) is 0 Å². The number of nitrogens with zero attached hydrogens (tertiary/aromatic N) is 3. The highest BCUT2D eigenvalue weighted by Crippen LogP contribution is 2.44. The van der Waals surface area contributed by atoms with E-state index >= 15 is 0 Å². The zero-order valence-corrected chi connectivity index (χ0v) is 19.4. The Hall–Kier alpha value is -3.66. The van der Waals surface area contributed by atoms with Crippen LogP contribution in [0.4, 0.5) is 19.0 Å². The average Bonchev–Trinajstić information content (AvgIpc) is 3.44. The van der Waals surface area contributed by atoms with E-state index in [0.717, 1.165) is 22.8 Å². The van der Waals surface area contributed by atoms with E-state index < -0.39 is 21.8 Å². The van der Waals surface area contributed by atoms with Crippen LogP contribution in [0.15, 0.2) is 78.0 Å². The molecule has 0 spiro atoms. The van der Waals surface area contributed by atoms with Crippen molar-refractivity contribution in [2.45, 2.75) is 29.8 Å². The van der Waals surface area contributed by atoms with Crippen molar-refractivity contribution in [1.29, 1.82) is 0 Å². The molecule has 2 aromatic carbocycles. The van der Waals surface area contributed by atoms with Gasteiger partial charge in [0.25, 0.3) is 10.0 Å². The molecule has 1 N–H and O–H groups in total. The third kappa shape index (κ3) is 4.41. The number of rotatable bonds is 5. The fraction of sp³-hybridized carbons (Fsp3) is 0.200. The van der Waals surface area contributed by atoms with Gasteiger partial charge in [0.05, 0.1) is 16.2 Å². The van der Waals surface area contributed by atoms with Crippen molar-refractivity contribution < 1.29 is 21.6 Å². The molecule has 0 amide bonds. The Morgan fingerprint density at radius 2 is 1.80 bits per heavy atom. The third-order valence-electron chi connectivity index (χ3n) is 6.26. The molecule has 10 heteroatoms. The summed E-state index contributed by atoms with van der Waals surface area (Å²) in [6, 6.07) is 15.3. The Morgan fingerprint density at radius 3 is 2.49 bits per heavy atom. The molecule has 0 saturated heterocycles. The highest BCUT2D eigenvalue weighted by Gasteiger charge is 2.34. The molecule has 0 saturated carbocycles. The molecule has 0 fully saturated rings. The zero-order chi connectivity index (χ0) is 24.8. The molecule has 0 aliphatic heterocycles. The number of nitrogens with one attached hydrogen (secondary N) is 1. The number of hydrogen-bond donors (Lipinski definition) is 1. The van der Waals surface area contributed by atoms with E-state index in [2.05, 4.69) is 14.8 Å². The Balaban J connectivity index is 1.53. The SMILES string of the molecule is Cn1nccc1-c1cc(C(F)(F)F)ccc1C1CCc2cc(S(=O)(=O)Nc3ccccn3)ccc21. The molecule has 4 aromatic rings. The molecule has 2 aromatic heterocycles. The largest absolute Gasteiger partial charge is 0.416 e. The summed E-state index contributed by atoms with van der Waals surface area (Å²) in [4.78, 5) is 4.11. The molecule has 1 aliphatic rings. The second kappa shape index (κ2) is 8.53. The monoisotopic (exact) mass is 498 g/mol. The summed E-state index contributed by atoms with van der Waals surface area (Å²) in [5, 5.41) is 4.13.